The van der Waals surface area contributed by atoms with Gasteiger partial charge in [-0.3, -0.25) is 19.2 Å². The summed E-state index contributed by atoms with van der Waals surface area (Å²) in [6, 6.07) is 2.82. The molecule has 7 heterocycles. The molecule has 122 heavy (non-hydrogen) atoms. The van der Waals surface area contributed by atoms with Crippen LogP contribution >= 0.6 is 0 Å². The fraction of sp³-hybridized carbons (Fsp3) is 0.711. The number of ketones is 3. The Balaban J connectivity index is 0.690. The number of nitrogens with two attached hydrogens (primary N) is 1. The lowest BCUT2D eigenvalue weighted by molar-refractivity contribution is -0.265. The highest BCUT2D eigenvalue weighted by molar-refractivity contribution is 6.39. The number of rotatable bonds is 44. The molecule has 3 fully saturated rings. The van der Waals surface area contributed by atoms with Crippen LogP contribution in [0.2, 0.25) is 0 Å². The SMILES string of the molecule is CO[C@H]1C[C@@H]2CC[C@@H](C)[C@@](O)(O2)C(=O)C(=O)N2CCCC[C@H]2C(=O)O[C@H]([C@H](C)C[C@@H]2CC[C@@H](O)[C@H](OC)C2)C[C@@H](O)[C@H](C)/C=C(\C)[C@@H](O)[C@@H](OC)C(=NOCC(=O)CCCOCCOCCOCCOCCOCCOCCOCCOCCC(=O)CCCCCn2nc(-c3cnc4[nH]ccc4c3)c3c(N)ncnc32)[C@H](C)C[C@H](C)/C=C/C=C/C=C/1C. The number of aromatic nitrogens is 6. The Morgan fingerprint density at radius 1 is 0.697 bits per heavy atom. The van der Waals surface area contributed by atoms with Crippen molar-refractivity contribution in [1.29, 1.82) is 0 Å². The van der Waals surface area contributed by atoms with Crippen LogP contribution in [0.4, 0.5) is 5.82 Å². The number of cyclic esters (lactones) is 1. The number of unbranched alkanes of at least 4 members (excludes halogenated alkanes) is 2. The quantitative estimate of drug-likeness (QED) is 0.00788. The number of fused-ring (bicyclic) bond motifs is 5. The maximum Gasteiger partial charge on any atom is 0.329 e. The second-order valence-corrected chi connectivity index (χ2v) is 33.0. The minimum atomic E-state index is -2.46. The third kappa shape index (κ3) is 32.0. The number of piperidine rings is 1. The molecule has 682 valence electrons. The van der Waals surface area contributed by atoms with Gasteiger partial charge in [-0.1, -0.05) is 82.7 Å². The van der Waals surface area contributed by atoms with Gasteiger partial charge < -0.3 is 102 Å². The average Bonchev–Trinajstić information content (AvgIpc) is 1.50. The Labute approximate surface area is 719 Å². The number of carbonyl (C=O) groups is 5. The summed E-state index contributed by atoms with van der Waals surface area (Å²) in [4.78, 5) is 92.7. The zero-order chi connectivity index (χ0) is 87.8. The predicted molar refractivity (Wildman–Crippen MR) is 458 cm³/mol. The van der Waals surface area contributed by atoms with E-state index in [0.717, 1.165) is 41.4 Å². The molecule has 4 aliphatic rings. The van der Waals surface area contributed by atoms with E-state index in [2.05, 4.69) is 32.0 Å². The highest BCUT2D eigenvalue weighted by Gasteiger charge is 2.53. The number of allylic oxidation sites excluding steroid dienone is 5. The number of nitrogen functional groups attached to an aromatic ring is 1. The first-order chi connectivity index (χ1) is 58.9. The van der Waals surface area contributed by atoms with Crippen LogP contribution in [0.1, 0.15) is 170 Å². The summed E-state index contributed by atoms with van der Waals surface area (Å²) in [5, 5.41) is 58.3. The van der Waals surface area contributed by atoms with Crippen molar-refractivity contribution in [3.05, 3.63) is 78.5 Å². The second kappa shape index (κ2) is 54.0. The van der Waals surface area contributed by atoms with Crippen molar-refractivity contribution in [2.75, 3.05) is 146 Å². The minimum absolute atomic E-state index is 0.0195. The van der Waals surface area contributed by atoms with E-state index in [-0.39, 0.29) is 80.2 Å². The molecule has 4 aromatic heterocycles. The number of pyridine rings is 1. The number of H-pyrrole nitrogens is 1. The maximum atomic E-state index is 14.7. The normalized spacial score (nSPS) is 28.0. The van der Waals surface area contributed by atoms with Crippen LogP contribution in [0.3, 0.4) is 0 Å². The zero-order valence-electron chi connectivity index (χ0n) is 73.6. The molecule has 0 radical (unpaired) electrons. The number of aryl methyl sites for hydroxylation is 1. The van der Waals surface area contributed by atoms with Gasteiger partial charge in [0.2, 0.25) is 5.79 Å². The number of amides is 1. The number of aliphatic hydroxyl groups is 4. The van der Waals surface area contributed by atoms with Crippen LogP contribution in [-0.4, -0.2) is 291 Å². The van der Waals surface area contributed by atoms with Crippen molar-refractivity contribution in [1.82, 2.24) is 34.6 Å². The average molecular weight is 1720 g/mol. The number of aromatic amines is 1. The number of oxime groups is 1. The van der Waals surface area contributed by atoms with Gasteiger partial charge in [0.15, 0.2) is 18.0 Å². The van der Waals surface area contributed by atoms with Gasteiger partial charge >= 0.3 is 5.97 Å². The number of ether oxygens (including phenoxy) is 13. The second-order valence-electron chi connectivity index (χ2n) is 33.0. The van der Waals surface area contributed by atoms with Crippen LogP contribution in [0.25, 0.3) is 33.3 Å². The van der Waals surface area contributed by atoms with Gasteiger partial charge in [-0.25, -0.2) is 24.4 Å². The predicted octanol–water partition coefficient (Wildman–Crippen LogP) is 9.74. The summed E-state index contributed by atoms with van der Waals surface area (Å²) < 4.78 is 77.2. The smallest absolute Gasteiger partial charge is 0.329 e. The first kappa shape index (κ1) is 100. The lowest BCUT2D eigenvalue weighted by Crippen LogP contribution is -2.61. The lowest BCUT2D eigenvalue weighted by Gasteiger charge is -2.43. The Kier molecular flexibility index (Phi) is 44.3. The molecule has 1 amide bonds. The highest BCUT2D eigenvalue weighted by atomic mass is 16.6. The van der Waals surface area contributed by atoms with E-state index in [4.69, 9.17) is 77.2 Å². The molecule has 32 nitrogen and oxygen atoms in total. The number of hydrogen-bond acceptors (Lipinski definition) is 29. The lowest BCUT2D eigenvalue weighted by atomic mass is 9.78. The molecule has 4 aromatic rings. The summed E-state index contributed by atoms with van der Waals surface area (Å²) in [5.74, 6) is -6.96. The third-order valence-corrected chi connectivity index (χ3v) is 23.5. The number of aliphatic hydroxyl groups excluding tert-OH is 3. The highest BCUT2D eigenvalue weighted by Crippen LogP contribution is 2.39. The van der Waals surface area contributed by atoms with E-state index in [1.54, 1.807) is 47.3 Å². The van der Waals surface area contributed by atoms with E-state index in [9.17, 15) is 44.4 Å². The van der Waals surface area contributed by atoms with E-state index in [1.807, 2.05) is 74.2 Å². The first-order valence-corrected chi connectivity index (χ1v) is 44.0. The zero-order valence-corrected chi connectivity index (χ0v) is 73.6. The maximum absolute atomic E-state index is 14.7. The molecule has 2 bridgehead atoms. The van der Waals surface area contributed by atoms with Gasteiger partial charge in [0.1, 0.15) is 53.6 Å². The Morgan fingerprint density at radius 2 is 1.36 bits per heavy atom. The van der Waals surface area contributed by atoms with Gasteiger partial charge in [0, 0.05) is 114 Å². The van der Waals surface area contributed by atoms with Crippen LogP contribution in [0.15, 0.2) is 83.6 Å². The molecule has 32 heteroatoms. The molecule has 0 aromatic carbocycles. The molecule has 0 spiro atoms. The number of nitrogens with one attached hydrogen (secondary N) is 1. The van der Waals surface area contributed by atoms with E-state index in [1.165, 1.54) is 18.3 Å². The monoisotopic (exact) mass is 1710 g/mol. The molecule has 3 aliphatic heterocycles. The van der Waals surface area contributed by atoms with Gasteiger partial charge in [-0.15, -0.1) is 0 Å². The van der Waals surface area contributed by atoms with E-state index >= 15 is 0 Å². The van der Waals surface area contributed by atoms with E-state index < -0.39 is 84.1 Å². The topological polar surface area (TPSA) is 409 Å². The molecule has 2 saturated heterocycles. The number of esters is 1. The van der Waals surface area contributed by atoms with Crippen molar-refractivity contribution in [2.45, 2.75) is 238 Å². The summed E-state index contributed by atoms with van der Waals surface area (Å²) in [6.07, 6.45) is 19.4. The number of anilines is 1. The van der Waals surface area contributed by atoms with E-state index in [0.29, 0.717) is 223 Å². The molecule has 8 rings (SSSR count). The Hall–Kier alpha value is -7.22. The fourth-order valence-corrected chi connectivity index (χ4v) is 16.2. The van der Waals surface area contributed by atoms with Gasteiger partial charge in [-0.2, -0.15) is 5.10 Å². The standard InChI is InChI=1S/C90H139N9O23/c1-60-20-13-11-14-21-61(2)76(109-8)55-72-27-25-66(7)90(108,122-72)84(105)88(106)98-32-18-16-24-73(98)89(107)121-77(63(4)52-67-26-28-74(102)78(53-67)110-9)56-75(103)62(3)51-65(6)82(104)83(111-10)80(64(5)50-60)97-120-58-71(101)23-19-34-112-36-38-114-40-42-116-44-46-118-48-49-119-47-45-117-43-41-115-39-37-113-35-30-70(100)22-15-12-17-33-99-87-79(85(91)94-59-95-87)81(96-99)69-54-68-29-31-92-86(68)93-57-69/h11,13-14,20-21,29,31,51,54,57,59-60,62-64,66-67,72-78,82-83,102-104,108H,12,15-19,22-28,30,32-50,52-53,55-56,58H2,1-10H3,(H,92,93)(H2,91,94,95)/b14-11+,20-13+,61-21+,65-51+,97-80?/t60-,62-,63-,64-,66-,67+,72+,73+,74-,75-,76+,77+,78-,82-,83+,90-/m1/s1. The van der Waals surface area contributed by atoms with Crippen LogP contribution in [-0.2, 0) is 96.9 Å². The molecule has 16 atom stereocenters. The summed E-state index contributed by atoms with van der Waals surface area (Å²) >= 11 is 0. The molecular weight excluding hydrogens is 1580 g/mol. The minimum Gasteiger partial charge on any atom is -0.460 e. The van der Waals surface area contributed by atoms with Crippen molar-refractivity contribution in [3.63, 3.8) is 0 Å². The van der Waals surface area contributed by atoms with Crippen molar-refractivity contribution < 1.29 is 111 Å². The number of nitrogens with zero attached hydrogens (tertiary/aromatic N) is 7. The van der Waals surface area contributed by atoms with Crippen LogP contribution in [0, 0.1) is 35.5 Å². The number of hydrogen-bond donors (Lipinski definition) is 6. The van der Waals surface area contributed by atoms with Gasteiger partial charge in [-0.05, 0) is 138 Å². The molecule has 0 unspecified atom stereocenters. The van der Waals surface area contributed by atoms with Crippen molar-refractivity contribution >= 4 is 62.8 Å². The molecule has 1 saturated carbocycles. The summed E-state index contributed by atoms with van der Waals surface area (Å²) in [5.41, 5.74) is 11.0. The van der Waals surface area contributed by atoms with Crippen molar-refractivity contribution in [2.24, 2.45) is 40.7 Å². The number of Topliss-reactive ketones (excluding diaryl/α,β-unsaturated/α-hetero) is 3. The third-order valence-electron chi connectivity index (χ3n) is 23.5. The summed E-state index contributed by atoms with van der Waals surface area (Å²) in [7, 11) is 4.62. The molecule has 7 N–H and O–H groups in total. The van der Waals surface area contributed by atoms with Crippen molar-refractivity contribution in [3.8, 4) is 11.3 Å². The van der Waals surface area contributed by atoms with Crippen LogP contribution in [0.5, 0.6) is 0 Å². The Morgan fingerprint density at radius 3 is 2.02 bits per heavy atom. The largest absolute Gasteiger partial charge is 0.460 e. The fourth-order valence-electron chi connectivity index (χ4n) is 16.2. The van der Waals surface area contributed by atoms with Gasteiger partial charge in [0.25, 0.3) is 11.7 Å². The molecular formula is C90H139N9O23. The van der Waals surface area contributed by atoms with Crippen LogP contribution < -0.4 is 5.73 Å². The molecule has 1 aliphatic carbocycles. The van der Waals surface area contributed by atoms with Gasteiger partial charge in [0.05, 0.1) is 141 Å². The number of carbonyl (C=O) groups excluding carboxylic acids is 5. The summed E-state index contributed by atoms with van der Waals surface area (Å²) in [6.45, 7) is 19.7. The Bertz CT molecular complexity index is 3960. The first-order valence-electron chi connectivity index (χ1n) is 44.0. The number of methoxy groups -OCH3 is 3.